The zero-order valence-corrected chi connectivity index (χ0v) is 19.4. The molecular formula is C24H22ClNO5S. The van der Waals surface area contributed by atoms with Gasteiger partial charge in [0.25, 0.3) is 5.91 Å². The molecule has 166 valence electrons. The van der Waals surface area contributed by atoms with Crippen molar-refractivity contribution >= 4 is 34.6 Å². The number of ether oxygens (including phenoxy) is 3. The summed E-state index contributed by atoms with van der Waals surface area (Å²) in [5, 5.41) is 5.06. The number of hydrogen-bond donors (Lipinski definition) is 1. The van der Waals surface area contributed by atoms with Crippen LogP contribution in [0.15, 0.2) is 41.8 Å². The molecule has 0 unspecified atom stereocenters. The van der Waals surface area contributed by atoms with Gasteiger partial charge >= 0.3 is 0 Å². The van der Waals surface area contributed by atoms with E-state index in [4.69, 9.17) is 25.8 Å². The molecule has 2 aromatic carbocycles. The maximum atomic E-state index is 12.4. The summed E-state index contributed by atoms with van der Waals surface area (Å²) >= 11 is 7.80. The van der Waals surface area contributed by atoms with Gasteiger partial charge in [0.2, 0.25) is 0 Å². The Kier molecular flexibility index (Phi) is 6.39. The van der Waals surface area contributed by atoms with Gasteiger partial charge < -0.3 is 19.5 Å². The van der Waals surface area contributed by atoms with E-state index in [-0.39, 0.29) is 17.8 Å². The molecule has 6 nitrogen and oxygen atoms in total. The van der Waals surface area contributed by atoms with E-state index >= 15 is 0 Å². The normalized spacial score (nSPS) is 14.4. The molecule has 0 bridgehead atoms. The van der Waals surface area contributed by atoms with E-state index in [9.17, 15) is 9.59 Å². The third kappa shape index (κ3) is 4.45. The van der Waals surface area contributed by atoms with Gasteiger partial charge in [-0.15, -0.1) is 11.3 Å². The lowest BCUT2D eigenvalue weighted by Crippen LogP contribution is -2.34. The number of benzene rings is 2. The quantitative estimate of drug-likeness (QED) is 0.490. The Labute approximate surface area is 195 Å². The first-order valence-corrected chi connectivity index (χ1v) is 11.2. The molecule has 0 saturated heterocycles. The third-order valence-electron chi connectivity index (χ3n) is 5.27. The molecule has 32 heavy (non-hydrogen) atoms. The fourth-order valence-corrected chi connectivity index (χ4v) is 4.72. The lowest BCUT2D eigenvalue weighted by atomic mass is 9.99. The predicted octanol–water partition coefficient (Wildman–Crippen LogP) is 5.02. The Bertz CT molecular complexity index is 1190. The Balaban J connectivity index is 1.49. The van der Waals surface area contributed by atoms with Gasteiger partial charge in [-0.1, -0.05) is 11.6 Å². The Hall–Kier alpha value is -3.03. The van der Waals surface area contributed by atoms with Gasteiger partial charge in [0.15, 0.2) is 5.78 Å². The number of carbonyl (C=O) groups is 2. The molecule has 0 saturated carbocycles. The predicted molar refractivity (Wildman–Crippen MR) is 125 cm³/mol. The van der Waals surface area contributed by atoms with Gasteiger partial charge in [-0.25, -0.2) is 0 Å². The van der Waals surface area contributed by atoms with Crippen molar-refractivity contribution in [2.45, 2.75) is 19.4 Å². The van der Waals surface area contributed by atoms with Crippen LogP contribution in [0.4, 0.5) is 0 Å². The summed E-state index contributed by atoms with van der Waals surface area (Å²) in [5.74, 6) is 1.77. The summed E-state index contributed by atoms with van der Waals surface area (Å²) in [6, 6.07) is 11.1. The van der Waals surface area contributed by atoms with Crippen molar-refractivity contribution in [3.8, 4) is 28.4 Å². The highest BCUT2D eigenvalue weighted by atomic mass is 35.5. The van der Waals surface area contributed by atoms with Gasteiger partial charge in [0.05, 0.1) is 36.2 Å². The van der Waals surface area contributed by atoms with E-state index in [0.717, 1.165) is 22.4 Å². The zero-order chi connectivity index (χ0) is 22.8. The van der Waals surface area contributed by atoms with Crippen molar-refractivity contribution in [2.24, 2.45) is 0 Å². The van der Waals surface area contributed by atoms with Crippen molar-refractivity contribution in [2.75, 3.05) is 20.8 Å². The third-order valence-corrected chi connectivity index (χ3v) is 6.58. The summed E-state index contributed by atoms with van der Waals surface area (Å²) in [6.45, 7) is 1.81. The summed E-state index contributed by atoms with van der Waals surface area (Å²) in [6.07, 6.45) is 0.373. The van der Waals surface area contributed by atoms with Crippen LogP contribution >= 0.6 is 22.9 Å². The number of carbonyl (C=O) groups excluding carboxylic acids is 2. The Morgan fingerprint density at radius 1 is 1.19 bits per heavy atom. The van der Waals surface area contributed by atoms with Crippen LogP contribution in [0.1, 0.15) is 32.5 Å². The molecule has 0 aliphatic carbocycles. The number of halogens is 1. The number of hydrogen-bond acceptors (Lipinski definition) is 6. The molecule has 0 fully saturated rings. The van der Waals surface area contributed by atoms with Crippen molar-refractivity contribution in [1.82, 2.24) is 5.32 Å². The van der Waals surface area contributed by atoms with Gasteiger partial charge in [-0.3, -0.25) is 9.59 Å². The molecule has 1 aliphatic rings. The average molecular weight is 472 g/mol. The first-order chi connectivity index (χ1) is 15.4. The number of thiophene rings is 1. The molecule has 0 spiro atoms. The van der Waals surface area contributed by atoms with E-state index in [0.29, 0.717) is 39.9 Å². The lowest BCUT2D eigenvalue weighted by molar-refractivity contribution is 0.0934. The minimum atomic E-state index is -0.236. The van der Waals surface area contributed by atoms with Crippen LogP contribution in [-0.4, -0.2) is 38.6 Å². The van der Waals surface area contributed by atoms with Crippen LogP contribution in [-0.2, 0) is 6.42 Å². The number of Topliss-reactive ketones (excluding diaryl/α,β-unsaturated/α-hetero) is 1. The smallest absolute Gasteiger partial charge is 0.252 e. The van der Waals surface area contributed by atoms with E-state index in [1.807, 2.05) is 30.3 Å². The van der Waals surface area contributed by atoms with Crippen molar-refractivity contribution < 1.29 is 23.8 Å². The van der Waals surface area contributed by atoms with Crippen molar-refractivity contribution in [3.05, 3.63) is 62.8 Å². The minimum Gasteiger partial charge on any atom is -0.497 e. The van der Waals surface area contributed by atoms with Crippen LogP contribution in [0.3, 0.4) is 0 Å². The number of ketones is 1. The SMILES string of the molecule is COc1ccc(OC)c(-c2cc(Cl)c3c(c2)C[C@@H](CNC(=O)c2csc(C(C)=O)c2)O3)c1. The Morgan fingerprint density at radius 2 is 2.00 bits per heavy atom. The number of fused-ring (bicyclic) bond motifs is 1. The van der Waals surface area contributed by atoms with Crippen LogP contribution < -0.4 is 19.5 Å². The van der Waals surface area contributed by atoms with E-state index in [1.54, 1.807) is 25.7 Å². The second-order valence-electron chi connectivity index (χ2n) is 7.42. The van der Waals surface area contributed by atoms with Crippen molar-refractivity contribution in [3.63, 3.8) is 0 Å². The topological polar surface area (TPSA) is 73.9 Å². The molecule has 1 atom stereocenters. The average Bonchev–Trinajstić information content (AvgIpc) is 3.44. The van der Waals surface area contributed by atoms with Gasteiger partial charge in [0, 0.05) is 22.9 Å². The molecule has 8 heteroatoms. The van der Waals surface area contributed by atoms with Crippen LogP contribution in [0.25, 0.3) is 11.1 Å². The van der Waals surface area contributed by atoms with Crippen molar-refractivity contribution in [1.29, 1.82) is 0 Å². The van der Waals surface area contributed by atoms with E-state index in [1.165, 1.54) is 18.3 Å². The fraction of sp³-hybridized carbons (Fsp3) is 0.250. The number of nitrogens with one attached hydrogen (secondary N) is 1. The monoisotopic (exact) mass is 471 g/mol. The zero-order valence-electron chi connectivity index (χ0n) is 17.9. The first-order valence-electron chi connectivity index (χ1n) is 9.98. The standard InChI is InChI=1S/C24H22ClNO5S/c1-13(27)22-9-16(12-32-22)24(28)26-11-18-7-15-6-14(8-20(25)23(15)31-18)19-10-17(29-2)4-5-21(19)30-3/h4-6,8-10,12,18H,7,11H2,1-3H3,(H,26,28)/t18-/m0/s1. The summed E-state index contributed by atoms with van der Waals surface area (Å²) < 4.78 is 16.9. The molecule has 4 rings (SSSR count). The van der Waals surface area contributed by atoms with Crippen LogP contribution in [0.2, 0.25) is 5.02 Å². The summed E-state index contributed by atoms with van der Waals surface area (Å²) in [7, 11) is 3.24. The maximum Gasteiger partial charge on any atom is 0.252 e. The van der Waals surface area contributed by atoms with E-state index < -0.39 is 0 Å². The highest BCUT2D eigenvalue weighted by molar-refractivity contribution is 7.12. The molecule has 3 aromatic rings. The molecular weight excluding hydrogens is 450 g/mol. The first kappa shape index (κ1) is 22.2. The fourth-order valence-electron chi connectivity index (χ4n) is 3.65. The molecule has 1 aromatic heterocycles. The summed E-state index contributed by atoms with van der Waals surface area (Å²) in [5.41, 5.74) is 3.20. The number of methoxy groups -OCH3 is 2. The molecule has 1 amide bonds. The lowest BCUT2D eigenvalue weighted by Gasteiger charge is -2.13. The maximum absolute atomic E-state index is 12.4. The van der Waals surface area contributed by atoms with Crippen LogP contribution in [0, 0.1) is 0 Å². The summed E-state index contributed by atoms with van der Waals surface area (Å²) in [4.78, 5) is 24.4. The second kappa shape index (κ2) is 9.22. The number of rotatable bonds is 7. The minimum absolute atomic E-state index is 0.0539. The highest BCUT2D eigenvalue weighted by Crippen LogP contribution is 2.42. The van der Waals surface area contributed by atoms with E-state index in [2.05, 4.69) is 5.32 Å². The molecule has 1 aliphatic heterocycles. The molecule has 0 radical (unpaired) electrons. The van der Waals surface area contributed by atoms with Gasteiger partial charge in [-0.05, 0) is 48.9 Å². The molecule has 2 heterocycles. The van der Waals surface area contributed by atoms with Gasteiger partial charge in [0.1, 0.15) is 23.4 Å². The largest absolute Gasteiger partial charge is 0.497 e. The van der Waals surface area contributed by atoms with Crippen LogP contribution in [0.5, 0.6) is 17.2 Å². The second-order valence-corrected chi connectivity index (χ2v) is 8.74. The Morgan fingerprint density at radius 3 is 2.69 bits per heavy atom. The highest BCUT2D eigenvalue weighted by Gasteiger charge is 2.27. The molecule has 1 N–H and O–H groups in total. The van der Waals surface area contributed by atoms with Gasteiger partial charge in [-0.2, -0.15) is 0 Å². The number of amides is 1.